The van der Waals surface area contributed by atoms with Crippen LogP contribution >= 0.6 is 11.6 Å². The van der Waals surface area contributed by atoms with Crippen LogP contribution in [0.25, 0.3) is 0 Å². The Balaban J connectivity index is 2.26. The minimum atomic E-state index is -0.261. The molecule has 0 aromatic heterocycles. The van der Waals surface area contributed by atoms with Crippen molar-refractivity contribution in [3.8, 4) is 11.5 Å². The predicted octanol–water partition coefficient (Wildman–Crippen LogP) is 3.83. The van der Waals surface area contributed by atoms with Crippen molar-refractivity contribution >= 4 is 11.6 Å². The lowest BCUT2D eigenvalue weighted by Crippen LogP contribution is -2.05. The van der Waals surface area contributed by atoms with E-state index in [1.54, 1.807) is 25.3 Å². The highest BCUT2D eigenvalue weighted by molar-refractivity contribution is 6.30. The summed E-state index contributed by atoms with van der Waals surface area (Å²) < 4.78 is 24.2. The Bertz CT molecular complexity index is 621. The first-order valence-corrected chi connectivity index (χ1v) is 6.87. The molecule has 0 spiro atoms. The largest absolute Gasteiger partial charge is 0.493 e. The summed E-state index contributed by atoms with van der Waals surface area (Å²) in [7, 11) is 1.54. The maximum absolute atomic E-state index is 13.1. The Kier molecular flexibility index (Phi) is 5.04. The van der Waals surface area contributed by atoms with Crippen LogP contribution in [0.4, 0.5) is 4.39 Å². The second kappa shape index (κ2) is 6.78. The van der Waals surface area contributed by atoms with Gasteiger partial charge in [-0.3, -0.25) is 0 Å². The molecule has 0 radical (unpaired) electrons. The molecular formula is C16H17ClFNO2. The summed E-state index contributed by atoms with van der Waals surface area (Å²) >= 11 is 6.01. The van der Waals surface area contributed by atoms with Crippen LogP contribution in [0.1, 0.15) is 16.7 Å². The highest BCUT2D eigenvalue weighted by Gasteiger charge is 2.12. The topological polar surface area (TPSA) is 44.5 Å². The summed E-state index contributed by atoms with van der Waals surface area (Å²) in [5, 5.41) is 0.539. The minimum Gasteiger partial charge on any atom is -0.493 e. The molecule has 112 valence electrons. The zero-order valence-electron chi connectivity index (χ0n) is 12.0. The Morgan fingerprint density at radius 2 is 1.95 bits per heavy atom. The molecule has 0 saturated carbocycles. The molecule has 5 heteroatoms. The van der Waals surface area contributed by atoms with Gasteiger partial charge in [0.25, 0.3) is 0 Å². The van der Waals surface area contributed by atoms with E-state index >= 15 is 0 Å². The summed E-state index contributed by atoms with van der Waals surface area (Å²) in [4.78, 5) is 0. The van der Waals surface area contributed by atoms with Crippen LogP contribution in [-0.4, -0.2) is 7.11 Å². The molecule has 0 bridgehead atoms. The number of halogens is 2. The van der Waals surface area contributed by atoms with E-state index in [1.165, 1.54) is 12.1 Å². The highest BCUT2D eigenvalue weighted by atomic mass is 35.5. The fourth-order valence-electron chi connectivity index (χ4n) is 2.06. The first-order chi connectivity index (χ1) is 10.0. The average Bonchev–Trinajstić information content (AvgIpc) is 2.46. The molecule has 2 aromatic carbocycles. The molecule has 0 aliphatic heterocycles. The second-order valence-corrected chi connectivity index (χ2v) is 5.10. The van der Waals surface area contributed by atoms with Gasteiger partial charge in [-0.1, -0.05) is 17.7 Å². The molecule has 2 aromatic rings. The molecule has 0 saturated heterocycles. The van der Waals surface area contributed by atoms with E-state index in [9.17, 15) is 4.39 Å². The molecule has 0 amide bonds. The lowest BCUT2D eigenvalue weighted by atomic mass is 10.1. The first-order valence-electron chi connectivity index (χ1n) is 6.49. The van der Waals surface area contributed by atoms with Crippen LogP contribution in [-0.2, 0) is 13.2 Å². The first kappa shape index (κ1) is 15.6. The van der Waals surface area contributed by atoms with Gasteiger partial charge in [-0.25, -0.2) is 4.39 Å². The van der Waals surface area contributed by atoms with E-state index in [2.05, 4.69) is 0 Å². The number of hydrogen-bond acceptors (Lipinski definition) is 3. The summed E-state index contributed by atoms with van der Waals surface area (Å²) in [5.41, 5.74) is 8.21. The SMILES string of the molecule is COc1cc(Cl)cc(CN)c1OCc1ccc(F)cc1C. The summed E-state index contributed by atoms with van der Waals surface area (Å²) in [6.07, 6.45) is 0. The smallest absolute Gasteiger partial charge is 0.166 e. The molecule has 0 aliphatic rings. The maximum Gasteiger partial charge on any atom is 0.166 e. The van der Waals surface area contributed by atoms with Gasteiger partial charge < -0.3 is 15.2 Å². The molecule has 2 N–H and O–H groups in total. The van der Waals surface area contributed by atoms with E-state index in [0.717, 1.165) is 16.7 Å². The molecule has 3 nitrogen and oxygen atoms in total. The monoisotopic (exact) mass is 309 g/mol. The van der Waals surface area contributed by atoms with E-state index in [4.69, 9.17) is 26.8 Å². The number of ether oxygens (including phenoxy) is 2. The summed E-state index contributed by atoms with van der Waals surface area (Å²) in [6, 6.07) is 8.01. The van der Waals surface area contributed by atoms with Crippen LogP contribution in [0.3, 0.4) is 0 Å². The fraction of sp³-hybridized carbons (Fsp3) is 0.250. The number of methoxy groups -OCH3 is 1. The fourth-order valence-corrected chi connectivity index (χ4v) is 2.29. The Labute approximate surface area is 128 Å². The van der Waals surface area contributed by atoms with E-state index in [-0.39, 0.29) is 12.4 Å². The normalized spacial score (nSPS) is 10.5. The van der Waals surface area contributed by atoms with Crippen LogP contribution in [0.2, 0.25) is 5.02 Å². The van der Waals surface area contributed by atoms with Crippen LogP contribution in [0.15, 0.2) is 30.3 Å². The lowest BCUT2D eigenvalue weighted by molar-refractivity contribution is 0.280. The molecule has 21 heavy (non-hydrogen) atoms. The van der Waals surface area contributed by atoms with Crippen molar-refractivity contribution in [1.29, 1.82) is 0 Å². The Morgan fingerprint density at radius 3 is 2.57 bits per heavy atom. The van der Waals surface area contributed by atoms with Crippen molar-refractivity contribution in [1.82, 2.24) is 0 Å². The quantitative estimate of drug-likeness (QED) is 0.913. The minimum absolute atomic E-state index is 0.261. The molecule has 0 fully saturated rings. The van der Waals surface area contributed by atoms with Gasteiger partial charge in [-0.15, -0.1) is 0 Å². The van der Waals surface area contributed by atoms with Crippen molar-refractivity contribution in [3.05, 3.63) is 57.9 Å². The molecule has 0 aliphatic carbocycles. The average molecular weight is 310 g/mol. The zero-order chi connectivity index (χ0) is 15.4. The maximum atomic E-state index is 13.1. The third-order valence-electron chi connectivity index (χ3n) is 3.21. The molecule has 0 unspecified atom stereocenters. The van der Waals surface area contributed by atoms with Gasteiger partial charge in [0.15, 0.2) is 11.5 Å². The third-order valence-corrected chi connectivity index (χ3v) is 3.43. The molecule has 0 heterocycles. The number of nitrogens with two attached hydrogens (primary N) is 1. The van der Waals surface area contributed by atoms with Crippen LogP contribution in [0, 0.1) is 12.7 Å². The van der Waals surface area contributed by atoms with Crippen molar-refractivity contribution in [2.75, 3.05) is 7.11 Å². The van der Waals surface area contributed by atoms with E-state index < -0.39 is 0 Å². The summed E-state index contributed by atoms with van der Waals surface area (Å²) in [5.74, 6) is 0.832. The zero-order valence-corrected chi connectivity index (χ0v) is 12.7. The molecule has 0 atom stereocenters. The van der Waals surface area contributed by atoms with Crippen LogP contribution in [0.5, 0.6) is 11.5 Å². The standard InChI is InChI=1S/C16H17ClFNO2/c1-10-5-14(18)4-3-11(10)9-21-16-12(8-19)6-13(17)7-15(16)20-2/h3-7H,8-9,19H2,1-2H3. The van der Waals surface area contributed by atoms with Crippen molar-refractivity contribution < 1.29 is 13.9 Å². The Morgan fingerprint density at radius 1 is 1.19 bits per heavy atom. The molecule has 2 rings (SSSR count). The van der Waals surface area contributed by atoms with E-state index in [1.807, 2.05) is 6.92 Å². The highest BCUT2D eigenvalue weighted by Crippen LogP contribution is 2.35. The van der Waals surface area contributed by atoms with Crippen molar-refractivity contribution in [3.63, 3.8) is 0 Å². The van der Waals surface area contributed by atoms with Crippen molar-refractivity contribution in [2.45, 2.75) is 20.1 Å². The van der Waals surface area contributed by atoms with Gasteiger partial charge in [0, 0.05) is 23.2 Å². The predicted molar refractivity (Wildman–Crippen MR) is 81.4 cm³/mol. The van der Waals surface area contributed by atoms with Crippen LogP contribution < -0.4 is 15.2 Å². The van der Waals surface area contributed by atoms with Gasteiger partial charge in [0.2, 0.25) is 0 Å². The molecular weight excluding hydrogens is 293 g/mol. The number of aryl methyl sites for hydroxylation is 1. The lowest BCUT2D eigenvalue weighted by Gasteiger charge is -2.16. The summed E-state index contributed by atoms with van der Waals surface area (Å²) in [6.45, 7) is 2.43. The van der Waals surface area contributed by atoms with Gasteiger partial charge in [0.1, 0.15) is 12.4 Å². The van der Waals surface area contributed by atoms with Gasteiger partial charge in [-0.2, -0.15) is 0 Å². The van der Waals surface area contributed by atoms with Gasteiger partial charge in [-0.05, 0) is 36.2 Å². The number of benzene rings is 2. The number of hydrogen-bond donors (Lipinski definition) is 1. The second-order valence-electron chi connectivity index (χ2n) is 4.66. The van der Waals surface area contributed by atoms with Gasteiger partial charge >= 0.3 is 0 Å². The third kappa shape index (κ3) is 3.65. The van der Waals surface area contributed by atoms with E-state index in [0.29, 0.717) is 23.1 Å². The van der Waals surface area contributed by atoms with Gasteiger partial charge in [0.05, 0.1) is 7.11 Å². The van der Waals surface area contributed by atoms with Crippen molar-refractivity contribution in [2.24, 2.45) is 5.73 Å². The number of rotatable bonds is 5. The Hall–Kier alpha value is -1.78.